The van der Waals surface area contributed by atoms with Gasteiger partial charge >= 0.3 is 179 Å². The molecule has 2 atom stereocenters. The smallest absolute Gasteiger partial charge is 1.00 e. The summed E-state index contributed by atoms with van der Waals surface area (Å²) >= 11 is 5.02. The third-order valence-corrected chi connectivity index (χ3v) is 9.12. The average molecular weight is 1230 g/mol. The molecule has 0 aliphatic carbocycles. The van der Waals surface area contributed by atoms with E-state index >= 15 is 0 Å². The van der Waals surface area contributed by atoms with Crippen molar-refractivity contribution >= 4 is 55.3 Å². The summed E-state index contributed by atoms with van der Waals surface area (Å²) in [6.07, 6.45) is -30.4. The number of hydrogen-bond acceptors (Lipinski definition) is 14. The van der Waals surface area contributed by atoms with E-state index in [2.05, 4.69) is 44.4 Å². The fourth-order valence-electron chi connectivity index (χ4n) is 2.69. The van der Waals surface area contributed by atoms with E-state index in [9.17, 15) is 119 Å². The van der Waals surface area contributed by atoms with Gasteiger partial charge in [0, 0.05) is 24.7 Å². The zero-order valence-corrected chi connectivity index (χ0v) is 43.8. The summed E-state index contributed by atoms with van der Waals surface area (Å²) in [6.45, 7) is -6.85. The molecule has 0 bridgehead atoms. The Morgan fingerprint density at radius 2 is 0.843 bits per heavy atom. The molecule has 414 valence electrons. The fraction of sp³-hybridized carbons (Fsp3) is 0.889. The van der Waals surface area contributed by atoms with Crippen molar-refractivity contribution in [2.45, 2.75) is 89.9 Å². The molecule has 0 radical (unpaired) electrons. The minimum absolute atomic E-state index is 0. The van der Waals surface area contributed by atoms with Gasteiger partial charge in [0.25, 0.3) is 19.2 Å². The molecule has 0 aromatic rings. The SMILES string of the molecule is C1CCOC1.O=CO[O-].OCC(F)(F)C(F)(F)C(F)(F)OC(F)=C(F)F.OCC(F)(F)C(F)(F)C(F)(F)OC(F)C(F)(F)SCCSC(F)(F)C(F)OC(F)(F)C(F)(F)C(F)(F)CO.SCCS.[H-].[K+].[K+]. The molecule has 70 heavy (non-hydrogen) atoms. The summed E-state index contributed by atoms with van der Waals surface area (Å²) in [5, 5.41) is 21.4. The molecule has 1 aliphatic heterocycles. The largest absolute Gasteiger partial charge is 1.00 e. The monoisotopic (exact) mass is 1230 g/mol. The van der Waals surface area contributed by atoms with E-state index in [0.717, 1.165) is 24.7 Å². The summed E-state index contributed by atoms with van der Waals surface area (Å²) < 4.78 is 356. The Labute approximate surface area is 480 Å². The number of rotatable bonds is 24. The van der Waals surface area contributed by atoms with Crippen molar-refractivity contribution in [3.8, 4) is 0 Å². The molecule has 0 aromatic heterocycles. The van der Waals surface area contributed by atoms with Crippen LogP contribution in [0.3, 0.4) is 0 Å². The Hall–Kier alpha value is 1.51. The van der Waals surface area contributed by atoms with E-state index in [1.54, 1.807) is 0 Å². The second-order valence-electron chi connectivity index (χ2n) is 11.1. The second kappa shape index (κ2) is 35.1. The van der Waals surface area contributed by atoms with Crippen molar-refractivity contribution in [2.75, 3.05) is 56.0 Å². The van der Waals surface area contributed by atoms with E-state index in [0.29, 0.717) is 0 Å². The molecule has 2 unspecified atom stereocenters. The zero-order chi connectivity index (χ0) is 55.2. The van der Waals surface area contributed by atoms with Crippen molar-refractivity contribution in [2.24, 2.45) is 0 Å². The molecule has 1 saturated heterocycles. The Balaban J connectivity index is -0.000000203. The number of thioether (sulfide) groups is 2. The Morgan fingerprint density at radius 3 is 1.03 bits per heavy atom. The first-order chi connectivity index (χ1) is 30.3. The summed E-state index contributed by atoms with van der Waals surface area (Å²) in [6, 6.07) is -3.43. The number of alkyl halides is 24. The first kappa shape index (κ1) is 82.8. The summed E-state index contributed by atoms with van der Waals surface area (Å²) in [7, 11) is 0. The second-order valence-corrected chi connectivity index (χ2v) is 14.5. The number of carbonyl (C=O) groups excluding carboxylic acids is 1. The minimum atomic E-state index is -6.76. The number of thiol groups is 2. The normalized spacial score (nSPS) is 15.0. The Bertz CT molecular complexity index is 1400. The van der Waals surface area contributed by atoms with E-state index in [1.807, 2.05) is 0 Å². The molecular formula is C27H31F27K2O10S4. The van der Waals surface area contributed by atoms with Crippen LogP contribution in [0.5, 0.6) is 0 Å². The quantitative estimate of drug-likeness (QED) is 0.0142. The van der Waals surface area contributed by atoms with Crippen LogP contribution in [0.25, 0.3) is 0 Å². The van der Waals surface area contributed by atoms with E-state index in [4.69, 9.17) is 30.1 Å². The van der Waals surface area contributed by atoms with Crippen LogP contribution in [0, 0.1) is 0 Å². The van der Waals surface area contributed by atoms with Gasteiger partial charge in [-0.2, -0.15) is 135 Å². The van der Waals surface area contributed by atoms with Crippen LogP contribution in [-0.4, -0.2) is 155 Å². The van der Waals surface area contributed by atoms with Crippen LogP contribution in [0.4, 0.5) is 119 Å². The Morgan fingerprint density at radius 1 is 0.586 bits per heavy atom. The van der Waals surface area contributed by atoms with Crippen LogP contribution in [0.1, 0.15) is 14.3 Å². The van der Waals surface area contributed by atoms with Crippen molar-refractivity contribution < 1.29 is 272 Å². The Kier molecular flexibility index (Phi) is 41.6. The van der Waals surface area contributed by atoms with Gasteiger partial charge < -0.3 is 36.4 Å². The van der Waals surface area contributed by atoms with Crippen molar-refractivity contribution in [3.63, 3.8) is 0 Å². The summed E-state index contributed by atoms with van der Waals surface area (Å²) in [5.74, 6) is -39.2. The third kappa shape index (κ3) is 26.2. The zero-order valence-electron chi connectivity index (χ0n) is 35.1. The van der Waals surface area contributed by atoms with Crippen LogP contribution in [0.15, 0.2) is 12.1 Å². The molecule has 10 nitrogen and oxygen atoms in total. The van der Waals surface area contributed by atoms with Crippen LogP contribution in [0.2, 0.25) is 0 Å². The summed E-state index contributed by atoms with van der Waals surface area (Å²) in [5.41, 5.74) is 0. The molecule has 3 N–H and O–H groups in total. The van der Waals surface area contributed by atoms with Gasteiger partial charge in [0.2, 0.25) is 0 Å². The maximum atomic E-state index is 13.5. The molecular weight excluding hydrogens is 1200 g/mol. The maximum absolute atomic E-state index is 13.5. The topological polar surface area (TPSA) is 147 Å². The van der Waals surface area contributed by atoms with Gasteiger partial charge in [0.1, 0.15) is 19.8 Å². The van der Waals surface area contributed by atoms with E-state index < -0.39 is 144 Å². The summed E-state index contributed by atoms with van der Waals surface area (Å²) in [4.78, 5) is 11.2. The van der Waals surface area contributed by atoms with Crippen LogP contribution < -0.4 is 108 Å². The number of hydrogen-bond donors (Lipinski definition) is 5. The molecule has 1 heterocycles. The fourth-order valence-corrected chi connectivity index (χ4v) is 4.26. The standard InChI is InChI=1S/C14H12F18O4S2.C6H3F9O2.C4H8O.C2H6S2.CH2O3.2K.H/c15-5(35-13(29,30)11(25,26)7(17,18)3-33)9(21,22)37-1-2-38-10(23,24)6(16)36-14(31,32)12(27,28)8(19,20)4-34;7-2(8)3(9)17-6(14,15)5(12,13)4(10,11)1-16;1-2-4-5-3-1;3-1-2-4;2-1-4-3;;;/h5-6,33-34H,1-4H2;16H,1H2;1-4H2;3-4H,1-2H2;1,3H;;;/q;;;;;2*+1;-1/p-1. The molecule has 1 fully saturated rings. The maximum Gasteiger partial charge on any atom is 1.00 e. The predicted molar refractivity (Wildman–Crippen MR) is 180 cm³/mol. The molecule has 0 saturated carbocycles. The molecule has 1 aliphatic rings. The van der Waals surface area contributed by atoms with Gasteiger partial charge in [0.15, 0.2) is 0 Å². The van der Waals surface area contributed by atoms with Crippen molar-refractivity contribution in [1.82, 2.24) is 0 Å². The average Bonchev–Trinajstić information content (AvgIpc) is 3.82. The van der Waals surface area contributed by atoms with Crippen LogP contribution in [-0.2, 0) is 28.6 Å². The predicted octanol–water partition coefficient (Wildman–Crippen LogP) is 3.07. The molecule has 0 spiro atoms. The van der Waals surface area contributed by atoms with Crippen molar-refractivity contribution in [1.29, 1.82) is 0 Å². The number of ether oxygens (including phenoxy) is 4. The molecule has 0 amide bonds. The van der Waals surface area contributed by atoms with Crippen LogP contribution >= 0.6 is 48.8 Å². The minimum Gasteiger partial charge on any atom is -1.00 e. The first-order valence-electron chi connectivity index (χ1n) is 16.1. The number of aliphatic hydroxyl groups is 3. The third-order valence-electron chi connectivity index (χ3n) is 6.11. The van der Waals surface area contributed by atoms with Gasteiger partial charge in [-0.15, -0.1) is 0 Å². The number of halogens is 27. The molecule has 1 rings (SSSR count). The first-order valence-corrected chi connectivity index (χ1v) is 19.4. The van der Waals surface area contributed by atoms with Gasteiger partial charge in [-0.3, -0.25) is 14.3 Å². The van der Waals surface area contributed by atoms with Gasteiger partial charge in [-0.25, -0.2) is 8.78 Å². The molecule has 43 heteroatoms. The van der Waals surface area contributed by atoms with Gasteiger partial charge in [-0.1, -0.05) is 23.5 Å². The van der Waals surface area contributed by atoms with Gasteiger partial charge in [0.05, 0.1) is 0 Å². The van der Waals surface area contributed by atoms with E-state index in [-0.39, 0.29) is 111 Å². The number of aliphatic hydroxyl groups excluding tert-OH is 3. The number of carbonyl (C=O) groups is 1. The van der Waals surface area contributed by atoms with Crippen molar-refractivity contribution in [3.05, 3.63) is 12.1 Å². The molecule has 0 aromatic carbocycles. The van der Waals surface area contributed by atoms with Gasteiger partial charge in [-0.05, 0) is 24.3 Å². The van der Waals surface area contributed by atoms with E-state index in [1.165, 1.54) is 12.8 Å².